The predicted molar refractivity (Wildman–Crippen MR) is 142 cm³/mol. The maximum Gasteiger partial charge on any atom is 0.308 e. The second-order valence-corrected chi connectivity index (χ2v) is 9.65. The highest BCUT2D eigenvalue weighted by Gasteiger charge is 2.23. The first-order valence-corrected chi connectivity index (χ1v) is 14.0. The summed E-state index contributed by atoms with van der Waals surface area (Å²) in [6.07, 6.45) is 8.96. The SMILES string of the molecule is CC(OCCCCOC(C)OC(O)CCCCCN1C(=O)C=CC1=O)OC(=O)CCCCCN1C(=O)C=CC1=O. The Labute approximate surface area is 235 Å². The largest absolute Gasteiger partial charge is 0.436 e. The average Bonchev–Trinajstić information content (AvgIpc) is 3.40. The van der Waals surface area contributed by atoms with Crippen LogP contribution in [0.1, 0.15) is 78.1 Å². The summed E-state index contributed by atoms with van der Waals surface area (Å²) in [6, 6.07) is 0. The van der Waals surface area contributed by atoms with Crippen molar-refractivity contribution >= 4 is 29.6 Å². The summed E-state index contributed by atoms with van der Waals surface area (Å²) in [4.78, 5) is 60.3. The number of carbonyl (C=O) groups is 5. The van der Waals surface area contributed by atoms with Gasteiger partial charge in [0.15, 0.2) is 18.9 Å². The number of hydrogen-bond acceptors (Lipinski definition) is 10. The van der Waals surface area contributed by atoms with Crippen LogP contribution >= 0.6 is 0 Å². The smallest absolute Gasteiger partial charge is 0.308 e. The van der Waals surface area contributed by atoms with Gasteiger partial charge in [-0.1, -0.05) is 12.8 Å². The van der Waals surface area contributed by atoms with Crippen LogP contribution in [-0.4, -0.2) is 89.7 Å². The molecule has 2 aliphatic rings. The molecule has 3 unspecified atom stereocenters. The molecule has 12 nitrogen and oxygen atoms in total. The third-order valence-corrected chi connectivity index (χ3v) is 6.29. The van der Waals surface area contributed by atoms with Gasteiger partial charge in [0.2, 0.25) is 0 Å². The lowest BCUT2D eigenvalue weighted by atomic mass is 10.2. The summed E-state index contributed by atoms with van der Waals surface area (Å²) in [5.41, 5.74) is 0. The van der Waals surface area contributed by atoms with Crippen molar-refractivity contribution in [3.63, 3.8) is 0 Å². The molecule has 0 bridgehead atoms. The van der Waals surface area contributed by atoms with Crippen LogP contribution in [0.5, 0.6) is 0 Å². The van der Waals surface area contributed by atoms with Gasteiger partial charge in [0.25, 0.3) is 23.6 Å². The van der Waals surface area contributed by atoms with Crippen LogP contribution < -0.4 is 0 Å². The van der Waals surface area contributed by atoms with E-state index < -0.39 is 18.9 Å². The Balaban J connectivity index is 1.37. The van der Waals surface area contributed by atoms with E-state index in [1.165, 1.54) is 34.1 Å². The van der Waals surface area contributed by atoms with Crippen molar-refractivity contribution in [2.45, 2.75) is 96.9 Å². The van der Waals surface area contributed by atoms with E-state index in [9.17, 15) is 29.1 Å². The molecule has 224 valence electrons. The van der Waals surface area contributed by atoms with Gasteiger partial charge in [-0.3, -0.25) is 33.8 Å². The molecule has 4 amide bonds. The molecule has 0 spiro atoms. The number of ether oxygens (including phenoxy) is 4. The molecule has 0 aromatic heterocycles. The maximum absolute atomic E-state index is 11.9. The minimum atomic E-state index is -0.957. The number of esters is 1. The summed E-state index contributed by atoms with van der Waals surface area (Å²) < 4.78 is 21.7. The highest BCUT2D eigenvalue weighted by atomic mass is 16.7. The average molecular weight is 567 g/mol. The van der Waals surface area contributed by atoms with E-state index in [0.717, 1.165) is 6.42 Å². The summed E-state index contributed by atoms with van der Waals surface area (Å²) in [6.45, 7) is 4.91. The highest BCUT2D eigenvalue weighted by Crippen LogP contribution is 2.12. The molecule has 0 fully saturated rings. The van der Waals surface area contributed by atoms with E-state index in [0.29, 0.717) is 77.7 Å². The minimum Gasteiger partial charge on any atom is -0.436 e. The van der Waals surface area contributed by atoms with Gasteiger partial charge in [-0.15, -0.1) is 0 Å². The zero-order valence-corrected chi connectivity index (χ0v) is 23.5. The van der Waals surface area contributed by atoms with Gasteiger partial charge in [-0.2, -0.15) is 0 Å². The fraction of sp³-hybridized carbons (Fsp3) is 0.679. The molecule has 0 radical (unpaired) electrons. The third-order valence-electron chi connectivity index (χ3n) is 6.29. The first kappa shape index (κ1) is 33.3. The standard InChI is InChI=1S/C28H42N2O10/c1-21(39-27(35)11-5-3-7-17-29-23(31)13-14-24(29)32)37-19-9-10-20-38-22(2)40-28(36)12-6-4-8-18-30-25(33)15-16-26(30)34/h13-16,21-22,27,35H,3-12,17-20H2,1-2H3. The quantitative estimate of drug-likeness (QED) is 0.0895. The number of aliphatic hydroxyl groups excluding tert-OH is 1. The number of amides is 4. The third kappa shape index (κ3) is 12.9. The Morgan fingerprint density at radius 3 is 1.70 bits per heavy atom. The van der Waals surface area contributed by atoms with Gasteiger partial charge in [-0.05, 0) is 58.8 Å². The molecular formula is C28H42N2O10. The van der Waals surface area contributed by atoms with Crippen LogP contribution in [0, 0.1) is 0 Å². The fourth-order valence-corrected chi connectivity index (χ4v) is 4.09. The Morgan fingerprint density at radius 2 is 1.18 bits per heavy atom. The second kappa shape index (κ2) is 18.4. The number of imide groups is 2. The summed E-state index contributed by atoms with van der Waals surface area (Å²) in [5.74, 6) is -1.51. The predicted octanol–water partition coefficient (Wildman–Crippen LogP) is 2.34. The Kier molecular flexibility index (Phi) is 15.3. The number of rotatable bonds is 22. The topological polar surface area (TPSA) is 149 Å². The summed E-state index contributed by atoms with van der Waals surface area (Å²) in [7, 11) is 0. The van der Waals surface area contributed by atoms with Gasteiger partial charge in [0.1, 0.15) is 0 Å². The van der Waals surface area contributed by atoms with E-state index in [2.05, 4.69) is 0 Å². The van der Waals surface area contributed by atoms with Crippen molar-refractivity contribution < 1.29 is 48.0 Å². The van der Waals surface area contributed by atoms with Gasteiger partial charge < -0.3 is 24.1 Å². The molecule has 0 saturated heterocycles. The van der Waals surface area contributed by atoms with Crippen LogP contribution in [0.3, 0.4) is 0 Å². The van der Waals surface area contributed by atoms with Crippen molar-refractivity contribution in [3.8, 4) is 0 Å². The lowest BCUT2D eigenvalue weighted by Crippen LogP contribution is -2.30. The Hall–Kier alpha value is -2.93. The molecule has 0 aromatic carbocycles. The molecule has 40 heavy (non-hydrogen) atoms. The molecule has 3 atom stereocenters. The van der Waals surface area contributed by atoms with Crippen LogP contribution in [0.4, 0.5) is 0 Å². The van der Waals surface area contributed by atoms with Gasteiger partial charge >= 0.3 is 5.97 Å². The van der Waals surface area contributed by atoms with Crippen LogP contribution in [0.2, 0.25) is 0 Å². The van der Waals surface area contributed by atoms with Crippen LogP contribution in [0.25, 0.3) is 0 Å². The molecular weight excluding hydrogens is 524 g/mol. The fourth-order valence-electron chi connectivity index (χ4n) is 4.09. The lowest BCUT2D eigenvalue weighted by Gasteiger charge is -2.19. The van der Waals surface area contributed by atoms with E-state index in [-0.39, 0.29) is 36.0 Å². The molecule has 2 aliphatic heterocycles. The van der Waals surface area contributed by atoms with Gasteiger partial charge in [0.05, 0.1) is 6.61 Å². The number of unbranched alkanes of at least 4 members (excludes halogenated alkanes) is 5. The minimum absolute atomic E-state index is 0.240. The molecule has 0 aliphatic carbocycles. The first-order chi connectivity index (χ1) is 19.2. The monoisotopic (exact) mass is 566 g/mol. The van der Waals surface area contributed by atoms with E-state index in [4.69, 9.17) is 18.9 Å². The van der Waals surface area contributed by atoms with Gasteiger partial charge in [0, 0.05) is 50.4 Å². The van der Waals surface area contributed by atoms with Crippen molar-refractivity contribution in [2.75, 3.05) is 26.3 Å². The molecule has 1 N–H and O–H groups in total. The lowest BCUT2D eigenvalue weighted by molar-refractivity contribution is -0.223. The molecule has 2 heterocycles. The van der Waals surface area contributed by atoms with Crippen molar-refractivity contribution in [2.24, 2.45) is 0 Å². The summed E-state index contributed by atoms with van der Waals surface area (Å²) >= 11 is 0. The molecule has 0 saturated carbocycles. The maximum atomic E-state index is 11.9. The Morgan fingerprint density at radius 1 is 0.700 bits per heavy atom. The zero-order valence-electron chi connectivity index (χ0n) is 23.5. The Bertz CT molecular complexity index is 883. The van der Waals surface area contributed by atoms with Gasteiger partial charge in [-0.25, -0.2) is 0 Å². The highest BCUT2D eigenvalue weighted by molar-refractivity contribution is 6.13. The number of carbonyl (C=O) groups excluding carboxylic acids is 5. The summed E-state index contributed by atoms with van der Waals surface area (Å²) in [5, 5.41) is 10.0. The van der Waals surface area contributed by atoms with E-state index in [1.807, 2.05) is 0 Å². The van der Waals surface area contributed by atoms with Crippen molar-refractivity contribution in [1.82, 2.24) is 9.80 Å². The molecule has 2 rings (SSSR count). The van der Waals surface area contributed by atoms with E-state index >= 15 is 0 Å². The first-order valence-electron chi connectivity index (χ1n) is 14.0. The van der Waals surface area contributed by atoms with Crippen molar-refractivity contribution in [3.05, 3.63) is 24.3 Å². The van der Waals surface area contributed by atoms with Crippen molar-refractivity contribution in [1.29, 1.82) is 0 Å². The number of hydrogen-bond donors (Lipinski definition) is 1. The number of nitrogens with zero attached hydrogens (tertiary/aromatic N) is 2. The van der Waals surface area contributed by atoms with Crippen LogP contribution in [0.15, 0.2) is 24.3 Å². The van der Waals surface area contributed by atoms with Crippen LogP contribution in [-0.2, 0) is 42.9 Å². The molecule has 0 aromatic rings. The number of aliphatic hydroxyl groups is 1. The normalized spacial score (nSPS) is 17.3. The molecule has 12 heteroatoms. The second-order valence-electron chi connectivity index (χ2n) is 9.65. The zero-order chi connectivity index (χ0) is 29.3. The van der Waals surface area contributed by atoms with E-state index in [1.54, 1.807) is 13.8 Å².